The summed E-state index contributed by atoms with van der Waals surface area (Å²) in [5.41, 5.74) is 0. The molecule has 2 atom stereocenters. The molecule has 0 radical (unpaired) electrons. The van der Waals surface area contributed by atoms with Gasteiger partial charge in [-0.3, -0.25) is 4.79 Å². The van der Waals surface area contributed by atoms with Crippen molar-refractivity contribution < 1.29 is 67.4 Å². The van der Waals surface area contributed by atoms with E-state index in [1.807, 2.05) is 0 Å². The Hall–Kier alpha value is 1.07. The number of carbonyl (C=O) groups is 1. The van der Waals surface area contributed by atoms with Gasteiger partial charge >= 0.3 is 57.4 Å². The fourth-order valence-electron chi connectivity index (χ4n) is 1.68. The van der Waals surface area contributed by atoms with E-state index in [-0.39, 0.29) is 52.8 Å². The second-order valence-electron chi connectivity index (χ2n) is 3.13. The first-order valence-electron chi connectivity index (χ1n) is 3.97. The van der Waals surface area contributed by atoms with Crippen LogP contribution in [0.1, 0.15) is 27.1 Å². The second kappa shape index (κ2) is 6.51. The van der Waals surface area contributed by atoms with Gasteiger partial charge < -0.3 is 11.3 Å². The van der Waals surface area contributed by atoms with Crippen LogP contribution in [0.4, 0.5) is 0 Å². The normalized spacial score (nSPS) is 28.1. The van der Waals surface area contributed by atoms with Crippen molar-refractivity contribution in [3.63, 3.8) is 0 Å². The predicted molar refractivity (Wildman–Crippen MR) is 41.5 cm³/mol. The van der Waals surface area contributed by atoms with Crippen LogP contribution in [0, 0.1) is 5.92 Å². The minimum Gasteiger partial charge on any atom is -1.00 e. The molecule has 0 heterocycles. The molecule has 12 heavy (non-hydrogen) atoms. The van der Waals surface area contributed by atoms with E-state index < -0.39 is 5.97 Å². The van der Waals surface area contributed by atoms with Gasteiger partial charge in [0.25, 0.3) is 0 Å². The molecule has 0 spiro atoms. The van der Waals surface area contributed by atoms with Gasteiger partial charge in [-0.1, -0.05) is 0 Å². The minimum absolute atomic E-state index is 0. The third-order valence-corrected chi connectivity index (χ3v) is 2.29. The molecule has 1 N–H and O–H groups in total. The SMILES string of the molecule is COC1CCC(CC(=O)O)C1.[H-].[K+]. The molecule has 1 rings (SSSR count). The van der Waals surface area contributed by atoms with E-state index in [9.17, 15) is 4.79 Å². The Morgan fingerprint density at radius 2 is 2.33 bits per heavy atom. The Bertz CT molecular complexity index is 154. The van der Waals surface area contributed by atoms with Gasteiger partial charge in [0.05, 0.1) is 6.10 Å². The van der Waals surface area contributed by atoms with Gasteiger partial charge in [-0.25, -0.2) is 0 Å². The van der Waals surface area contributed by atoms with E-state index in [4.69, 9.17) is 9.84 Å². The Kier molecular flexibility index (Phi) is 7.09. The molecule has 1 fully saturated rings. The van der Waals surface area contributed by atoms with Crippen molar-refractivity contribution in [2.75, 3.05) is 7.11 Å². The third-order valence-electron chi connectivity index (χ3n) is 2.29. The van der Waals surface area contributed by atoms with E-state index in [1.54, 1.807) is 7.11 Å². The third kappa shape index (κ3) is 4.34. The molecule has 4 heteroatoms. The van der Waals surface area contributed by atoms with Crippen LogP contribution in [-0.2, 0) is 9.53 Å². The largest absolute Gasteiger partial charge is 1.00 e. The van der Waals surface area contributed by atoms with Crippen LogP contribution in [0.3, 0.4) is 0 Å². The zero-order valence-corrected chi connectivity index (χ0v) is 10.9. The summed E-state index contributed by atoms with van der Waals surface area (Å²) < 4.78 is 5.13. The van der Waals surface area contributed by atoms with E-state index in [1.165, 1.54) is 0 Å². The summed E-state index contributed by atoms with van der Waals surface area (Å²) in [6.07, 6.45) is 3.56. The second-order valence-corrected chi connectivity index (χ2v) is 3.13. The van der Waals surface area contributed by atoms with Crippen molar-refractivity contribution in [1.82, 2.24) is 0 Å². The van der Waals surface area contributed by atoms with Crippen LogP contribution in [0.5, 0.6) is 0 Å². The number of carboxylic acids is 1. The molecule has 0 aliphatic heterocycles. The minimum atomic E-state index is -0.688. The van der Waals surface area contributed by atoms with Crippen LogP contribution in [0.15, 0.2) is 0 Å². The number of ether oxygens (including phenoxy) is 1. The number of aliphatic carboxylic acids is 1. The molecule has 3 nitrogen and oxygen atoms in total. The topological polar surface area (TPSA) is 46.5 Å². The maximum Gasteiger partial charge on any atom is 1.00 e. The van der Waals surface area contributed by atoms with Crippen molar-refractivity contribution in [1.29, 1.82) is 0 Å². The maximum absolute atomic E-state index is 10.3. The average molecular weight is 198 g/mol. The van der Waals surface area contributed by atoms with Gasteiger partial charge in [-0.2, -0.15) is 0 Å². The first kappa shape index (κ1) is 13.1. The fraction of sp³-hybridized carbons (Fsp3) is 0.875. The van der Waals surface area contributed by atoms with Gasteiger partial charge in [0.2, 0.25) is 0 Å². The predicted octanol–water partition coefficient (Wildman–Crippen LogP) is -1.61. The summed E-state index contributed by atoms with van der Waals surface area (Å²) in [7, 11) is 1.69. The Balaban J connectivity index is 0. The molecule has 0 aromatic carbocycles. The molecular formula is C8H15KO3. The van der Waals surface area contributed by atoms with Gasteiger partial charge in [0, 0.05) is 13.5 Å². The van der Waals surface area contributed by atoms with Crippen molar-refractivity contribution in [2.24, 2.45) is 5.92 Å². The average Bonchev–Trinajstić information content (AvgIpc) is 2.34. The first-order valence-corrected chi connectivity index (χ1v) is 3.97. The number of methoxy groups -OCH3 is 1. The summed E-state index contributed by atoms with van der Waals surface area (Å²) in [5.74, 6) is -0.343. The number of hydrogen-bond donors (Lipinski definition) is 1. The van der Waals surface area contributed by atoms with E-state index >= 15 is 0 Å². The molecule has 1 aliphatic carbocycles. The maximum atomic E-state index is 10.3. The van der Waals surface area contributed by atoms with Gasteiger partial charge in [0.15, 0.2) is 0 Å². The Labute approximate surface area is 117 Å². The van der Waals surface area contributed by atoms with E-state index in [0.29, 0.717) is 18.4 Å². The van der Waals surface area contributed by atoms with Gasteiger partial charge in [0.1, 0.15) is 0 Å². The fourth-order valence-corrected chi connectivity index (χ4v) is 1.68. The summed E-state index contributed by atoms with van der Waals surface area (Å²) in [4.78, 5) is 10.3. The van der Waals surface area contributed by atoms with Crippen LogP contribution < -0.4 is 51.4 Å². The molecule has 66 valence electrons. The molecule has 2 unspecified atom stereocenters. The Morgan fingerprint density at radius 1 is 1.67 bits per heavy atom. The zero-order valence-electron chi connectivity index (χ0n) is 8.75. The van der Waals surface area contributed by atoms with E-state index in [2.05, 4.69) is 0 Å². The first-order chi connectivity index (χ1) is 5.22. The zero-order chi connectivity index (χ0) is 8.27. The van der Waals surface area contributed by atoms with Crippen LogP contribution in [0.2, 0.25) is 0 Å². The summed E-state index contributed by atoms with van der Waals surface area (Å²) >= 11 is 0. The summed E-state index contributed by atoms with van der Waals surface area (Å²) in [5, 5.41) is 8.49. The van der Waals surface area contributed by atoms with Crippen molar-refractivity contribution in [3.05, 3.63) is 0 Å². The molecule has 0 bridgehead atoms. The van der Waals surface area contributed by atoms with Crippen molar-refractivity contribution in [3.8, 4) is 0 Å². The van der Waals surface area contributed by atoms with Gasteiger partial charge in [-0.15, -0.1) is 0 Å². The number of carboxylic acid groups (broad SMARTS) is 1. The molecule has 1 aliphatic rings. The van der Waals surface area contributed by atoms with Crippen molar-refractivity contribution in [2.45, 2.75) is 31.8 Å². The molecule has 0 aromatic heterocycles. The smallest absolute Gasteiger partial charge is 1.00 e. The van der Waals surface area contributed by atoms with Crippen LogP contribution in [-0.4, -0.2) is 24.3 Å². The summed E-state index contributed by atoms with van der Waals surface area (Å²) in [6, 6.07) is 0. The van der Waals surface area contributed by atoms with Crippen LogP contribution >= 0.6 is 0 Å². The standard InChI is InChI=1S/C8H14O3.K.H/c1-11-7-3-2-6(4-7)5-8(9)10;;/h6-7H,2-5H2,1H3,(H,9,10);;/q;+1;-1. The summed E-state index contributed by atoms with van der Waals surface area (Å²) in [6.45, 7) is 0. The monoisotopic (exact) mass is 198 g/mol. The molecule has 0 amide bonds. The quantitative estimate of drug-likeness (QED) is 0.555. The number of rotatable bonds is 3. The van der Waals surface area contributed by atoms with Crippen molar-refractivity contribution >= 4 is 5.97 Å². The molecule has 1 saturated carbocycles. The molecular weight excluding hydrogens is 183 g/mol. The Morgan fingerprint density at radius 3 is 2.75 bits per heavy atom. The number of hydrogen-bond acceptors (Lipinski definition) is 2. The van der Waals surface area contributed by atoms with Gasteiger partial charge in [-0.05, 0) is 25.2 Å². The van der Waals surface area contributed by atoms with Crippen LogP contribution in [0.25, 0.3) is 0 Å². The molecule has 0 aromatic rings. The molecule has 0 saturated heterocycles. The van der Waals surface area contributed by atoms with E-state index in [0.717, 1.165) is 19.3 Å².